The van der Waals surface area contributed by atoms with Gasteiger partial charge in [0.1, 0.15) is 12.2 Å². The van der Waals surface area contributed by atoms with Gasteiger partial charge in [0.2, 0.25) is 0 Å². The summed E-state index contributed by atoms with van der Waals surface area (Å²) < 4.78 is 11.6. The van der Waals surface area contributed by atoms with Crippen LogP contribution in [0.3, 0.4) is 0 Å². The second-order valence-electron chi connectivity index (χ2n) is 10.6. The highest BCUT2D eigenvalue weighted by Crippen LogP contribution is 2.45. The van der Waals surface area contributed by atoms with Crippen LogP contribution in [0.15, 0.2) is 23.8 Å². The van der Waals surface area contributed by atoms with Crippen molar-refractivity contribution < 1.29 is 29.3 Å². The van der Waals surface area contributed by atoms with E-state index in [1.54, 1.807) is 6.92 Å². The zero-order chi connectivity index (χ0) is 24.8. The smallest absolute Gasteiger partial charge is 0.311 e. The minimum atomic E-state index is -0.601. The van der Waals surface area contributed by atoms with Gasteiger partial charge in [0.25, 0.3) is 0 Å². The standard InChI is InChI=1S/C25H38O5.C2H6O/c1-6-25(4,5)24(28)30-21-12-15(2)11-17-8-7-16(3)20(23(17)21)10-9-19-13-18(26)14-22(27)29-19;1-2-3/h7-8,11,15-16,18-21,23,26H,6,9-10,12-14H2,1-5H3;3H,2H2,1H3/t15-,16-,18+,19+,20-,21-,23-;/m0./s1. The largest absolute Gasteiger partial charge is 0.462 e. The summed E-state index contributed by atoms with van der Waals surface area (Å²) in [4.78, 5) is 24.6. The number of carbonyl (C=O) groups is 2. The fraction of sp³-hybridized carbons (Fsp3) is 0.778. The summed E-state index contributed by atoms with van der Waals surface area (Å²) >= 11 is 0. The number of carbonyl (C=O) groups excluding carboxylic acids is 2. The van der Waals surface area contributed by atoms with Crippen LogP contribution in [0.2, 0.25) is 0 Å². The van der Waals surface area contributed by atoms with E-state index < -0.39 is 11.5 Å². The van der Waals surface area contributed by atoms with Crippen LogP contribution in [-0.4, -0.2) is 47.1 Å². The Morgan fingerprint density at radius 2 is 1.88 bits per heavy atom. The van der Waals surface area contributed by atoms with Gasteiger partial charge in [0.05, 0.1) is 17.9 Å². The quantitative estimate of drug-likeness (QED) is 0.559. The Bertz CT molecular complexity index is 724. The van der Waals surface area contributed by atoms with Gasteiger partial charge < -0.3 is 19.7 Å². The molecule has 1 saturated heterocycles. The van der Waals surface area contributed by atoms with Crippen molar-refractivity contribution in [3.8, 4) is 0 Å². The topological polar surface area (TPSA) is 93.1 Å². The number of allylic oxidation sites excluding steroid dienone is 3. The van der Waals surface area contributed by atoms with E-state index in [9.17, 15) is 14.7 Å². The van der Waals surface area contributed by atoms with Gasteiger partial charge in [0, 0.05) is 18.9 Å². The Morgan fingerprint density at radius 1 is 1.21 bits per heavy atom. The van der Waals surface area contributed by atoms with E-state index in [2.05, 4.69) is 32.1 Å². The lowest BCUT2D eigenvalue weighted by Crippen LogP contribution is -2.43. The molecule has 0 unspecified atom stereocenters. The summed E-state index contributed by atoms with van der Waals surface area (Å²) in [5.74, 6) is 0.776. The van der Waals surface area contributed by atoms with Gasteiger partial charge in [-0.25, -0.2) is 0 Å². The number of aliphatic hydroxyl groups is 2. The predicted molar refractivity (Wildman–Crippen MR) is 128 cm³/mol. The van der Waals surface area contributed by atoms with Crippen molar-refractivity contribution in [2.24, 2.45) is 29.1 Å². The summed E-state index contributed by atoms with van der Waals surface area (Å²) in [7, 11) is 0. The molecule has 6 heteroatoms. The Kier molecular flexibility index (Phi) is 10.2. The molecule has 33 heavy (non-hydrogen) atoms. The number of ether oxygens (including phenoxy) is 2. The van der Waals surface area contributed by atoms with Crippen LogP contribution in [-0.2, 0) is 19.1 Å². The van der Waals surface area contributed by atoms with Gasteiger partial charge in [-0.2, -0.15) is 0 Å². The zero-order valence-electron chi connectivity index (χ0n) is 21.3. The predicted octanol–water partition coefficient (Wildman–Crippen LogP) is 4.58. The molecule has 0 bridgehead atoms. The highest BCUT2D eigenvalue weighted by molar-refractivity contribution is 5.76. The Hall–Kier alpha value is -1.66. The molecule has 3 rings (SSSR count). The molecule has 6 nitrogen and oxygen atoms in total. The average Bonchev–Trinajstić information content (AvgIpc) is 2.73. The molecule has 2 aliphatic carbocycles. The minimum absolute atomic E-state index is 0.0949. The molecular formula is C27H44O6. The number of hydrogen-bond acceptors (Lipinski definition) is 6. The fourth-order valence-corrected chi connectivity index (χ4v) is 5.08. The van der Waals surface area contributed by atoms with E-state index in [1.807, 2.05) is 20.8 Å². The molecule has 0 spiro atoms. The molecule has 1 aliphatic heterocycles. The molecule has 1 fully saturated rings. The number of aliphatic hydroxyl groups excluding tert-OH is 2. The van der Waals surface area contributed by atoms with Gasteiger partial charge >= 0.3 is 11.9 Å². The van der Waals surface area contributed by atoms with Crippen molar-refractivity contribution in [3.63, 3.8) is 0 Å². The first kappa shape index (κ1) is 27.6. The Labute approximate surface area is 199 Å². The third kappa shape index (κ3) is 7.41. The van der Waals surface area contributed by atoms with Crippen LogP contribution in [0.4, 0.5) is 0 Å². The molecule has 1 heterocycles. The van der Waals surface area contributed by atoms with E-state index in [0.717, 1.165) is 25.7 Å². The van der Waals surface area contributed by atoms with Crippen molar-refractivity contribution in [2.75, 3.05) is 6.61 Å². The van der Waals surface area contributed by atoms with Gasteiger partial charge in [-0.05, 0) is 69.8 Å². The molecule has 0 aromatic heterocycles. The molecule has 7 atom stereocenters. The Balaban J connectivity index is 0.00000122. The van der Waals surface area contributed by atoms with E-state index in [0.29, 0.717) is 24.2 Å². The molecule has 0 radical (unpaired) electrons. The summed E-state index contributed by atoms with van der Waals surface area (Å²) in [5.41, 5.74) is 0.785. The molecule has 188 valence electrons. The zero-order valence-corrected chi connectivity index (χ0v) is 21.3. The van der Waals surface area contributed by atoms with Crippen LogP contribution in [0.25, 0.3) is 0 Å². The number of esters is 2. The lowest BCUT2D eigenvalue weighted by Gasteiger charge is -2.44. The van der Waals surface area contributed by atoms with E-state index in [1.165, 1.54) is 5.57 Å². The third-order valence-electron chi connectivity index (χ3n) is 7.35. The minimum Gasteiger partial charge on any atom is -0.462 e. The number of fused-ring (bicyclic) bond motifs is 1. The molecule has 3 aliphatic rings. The molecule has 2 N–H and O–H groups in total. The van der Waals surface area contributed by atoms with Gasteiger partial charge in [0.15, 0.2) is 0 Å². The number of cyclic esters (lactones) is 1. The molecule has 0 amide bonds. The van der Waals surface area contributed by atoms with Crippen molar-refractivity contribution >= 4 is 11.9 Å². The van der Waals surface area contributed by atoms with Gasteiger partial charge in [-0.1, -0.05) is 39.0 Å². The van der Waals surface area contributed by atoms with Crippen LogP contribution in [0.5, 0.6) is 0 Å². The lowest BCUT2D eigenvalue weighted by molar-refractivity contribution is -0.166. The van der Waals surface area contributed by atoms with Crippen LogP contribution >= 0.6 is 0 Å². The van der Waals surface area contributed by atoms with E-state index in [-0.39, 0.29) is 43.1 Å². The number of hydrogen-bond donors (Lipinski definition) is 2. The lowest BCUT2D eigenvalue weighted by atomic mass is 9.65. The normalized spacial score (nSPS) is 33.8. The third-order valence-corrected chi connectivity index (χ3v) is 7.35. The maximum atomic E-state index is 12.9. The van der Waals surface area contributed by atoms with Crippen molar-refractivity contribution in [1.82, 2.24) is 0 Å². The summed E-state index contributed by atoms with van der Waals surface area (Å²) in [6.07, 6.45) is 9.61. The second kappa shape index (κ2) is 12.2. The first-order chi connectivity index (χ1) is 15.5. The van der Waals surface area contributed by atoms with Crippen molar-refractivity contribution in [2.45, 2.75) is 98.4 Å². The number of rotatable bonds is 6. The first-order valence-electron chi connectivity index (χ1n) is 12.6. The van der Waals surface area contributed by atoms with Crippen LogP contribution < -0.4 is 0 Å². The molecule has 0 aromatic carbocycles. The summed E-state index contributed by atoms with van der Waals surface area (Å²) in [6.45, 7) is 12.2. The van der Waals surface area contributed by atoms with E-state index >= 15 is 0 Å². The van der Waals surface area contributed by atoms with Crippen LogP contribution in [0.1, 0.15) is 80.1 Å². The van der Waals surface area contributed by atoms with E-state index in [4.69, 9.17) is 14.6 Å². The fourth-order valence-electron chi connectivity index (χ4n) is 5.08. The highest BCUT2D eigenvalue weighted by Gasteiger charge is 2.43. The van der Waals surface area contributed by atoms with Crippen molar-refractivity contribution in [3.05, 3.63) is 23.8 Å². The van der Waals surface area contributed by atoms with Crippen LogP contribution in [0, 0.1) is 29.1 Å². The monoisotopic (exact) mass is 464 g/mol. The van der Waals surface area contributed by atoms with Crippen molar-refractivity contribution in [1.29, 1.82) is 0 Å². The molecule has 0 aromatic rings. The average molecular weight is 465 g/mol. The maximum absolute atomic E-state index is 12.9. The Morgan fingerprint density at radius 3 is 2.48 bits per heavy atom. The first-order valence-corrected chi connectivity index (χ1v) is 12.6. The molecular weight excluding hydrogens is 420 g/mol. The SMILES string of the molecule is CCC(C)(C)C(=O)O[C@H]1C[C@@H](C)C=C2C=C[C@H](C)[C@H](CC[C@@H]3C[C@@H](O)CC(=O)O3)[C@H]21.CCO. The second-order valence-corrected chi connectivity index (χ2v) is 10.6. The summed E-state index contributed by atoms with van der Waals surface area (Å²) in [6, 6.07) is 0. The summed E-state index contributed by atoms with van der Waals surface area (Å²) in [5, 5.41) is 17.5. The van der Waals surface area contributed by atoms with Gasteiger partial charge in [-0.15, -0.1) is 0 Å². The maximum Gasteiger partial charge on any atom is 0.311 e. The molecule has 0 saturated carbocycles. The van der Waals surface area contributed by atoms with Gasteiger partial charge in [-0.3, -0.25) is 9.59 Å². The highest BCUT2D eigenvalue weighted by atomic mass is 16.6.